The summed E-state index contributed by atoms with van der Waals surface area (Å²) in [6.07, 6.45) is 2.13. The van der Waals surface area contributed by atoms with Gasteiger partial charge in [0.25, 0.3) is 5.91 Å². The van der Waals surface area contributed by atoms with Crippen molar-refractivity contribution < 1.29 is 4.79 Å². The molecule has 3 N–H and O–H groups in total. The van der Waals surface area contributed by atoms with Gasteiger partial charge in [0.15, 0.2) is 5.11 Å². The van der Waals surface area contributed by atoms with Crippen LogP contribution < -0.4 is 11.1 Å². The Labute approximate surface area is 116 Å². The number of thiocarbonyl (C=S) groups is 1. The number of likely N-dealkylation sites (tertiary alicyclic amines) is 1. The molecular formula is C12H14ClN3OS. The average molecular weight is 284 g/mol. The van der Waals surface area contributed by atoms with Crippen LogP contribution >= 0.6 is 23.8 Å². The fourth-order valence-electron chi connectivity index (χ4n) is 1.99. The van der Waals surface area contributed by atoms with E-state index in [0.717, 1.165) is 25.9 Å². The Morgan fingerprint density at radius 3 is 2.67 bits per heavy atom. The molecule has 1 aliphatic heterocycles. The normalized spacial score (nSPS) is 14.6. The van der Waals surface area contributed by atoms with Crippen LogP contribution in [-0.2, 0) is 0 Å². The Morgan fingerprint density at radius 2 is 2.06 bits per heavy atom. The lowest BCUT2D eigenvalue weighted by Gasteiger charge is -2.16. The molecule has 0 saturated carbocycles. The maximum Gasteiger partial charge on any atom is 0.253 e. The van der Waals surface area contributed by atoms with Gasteiger partial charge < -0.3 is 16.0 Å². The largest absolute Gasteiger partial charge is 0.376 e. The van der Waals surface area contributed by atoms with Crippen LogP contribution in [0.5, 0.6) is 0 Å². The fourth-order valence-corrected chi connectivity index (χ4v) is 2.26. The molecule has 0 atom stereocenters. The van der Waals surface area contributed by atoms with Gasteiger partial charge in [0, 0.05) is 18.7 Å². The number of anilines is 1. The molecule has 0 unspecified atom stereocenters. The topological polar surface area (TPSA) is 58.4 Å². The molecule has 1 aromatic carbocycles. The monoisotopic (exact) mass is 283 g/mol. The highest BCUT2D eigenvalue weighted by Crippen LogP contribution is 2.24. The first-order chi connectivity index (χ1) is 8.58. The van der Waals surface area contributed by atoms with E-state index in [2.05, 4.69) is 5.32 Å². The van der Waals surface area contributed by atoms with Crippen LogP contribution in [0.2, 0.25) is 5.02 Å². The second kappa shape index (κ2) is 5.54. The number of halogens is 1. The Bertz CT molecular complexity index is 486. The Balaban J connectivity index is 2.22. The number of nitrogens with zero attached hydrogens (tertiary/aromatic N) is 1. The predicted molar refractivity (Wildman–Crippen MR) is 77.0 cm³/mol. The van der Waals surface area contributed by atoms with E-state index in [4.69, 9.17) is 29.6 Å². The molecule has 0 spiro atoms. The van der Waals surface area contributed by atoms with Crippen LogP contribution in [0.1, 0.15) is 23.2 Å². The molecule has 1 fully saturated rings. The van der Waals surface area contributed by atoms with Gasteiger partial charge in [-0.05, 0) is 43.3 Å². The van der Waals surface area contributed by atoms with Crippen molar-refractivity contribution in [3.05, 3.63) is 28.8 Å². The summed E-state index contributed by atoms with van der Waals surface area (Å²) in [5, 5.41) is 3.38. The van der Waals surface area contributed by atoms with Crippen LogP contribution in [-0.4, -0.2) is 29.0 Å². The zero-order chi connectivity index (χ0) is 13.1. The number of amides is 1. The third kappa shape index (κ3) is 2.91. The maximum atomic E-state index is 12.2. The highest BCUT2D eigenvalue weighted by Gasteiger charge is 2.20. The van der Waals surface area contributed by atoms with Crippen molar-refractivity contribution in [3.63, 3.8) is 0 Å². The molecule has 1 amide bonds. The summed E-state index contributed by atoms with van der Waals surface area (Å²) in [7, 11) is 0. The molecule has 0 aliphatic carbocycles. The van der Waals surface area contributed by atoms with Gasteiger partial charge in [-0.1, -0.05) is 11.6 Å². The number of carbonyl (C=O) groups excluding carboxylic acids is 1. The second-order valence-electron chi connectivity index (χ2n) is 4.18. The molecule has 4 nitrogen and oxygen atoms in total. The van der Waals surface area contributed by atoms with Gasteiger partial charge in [-0.25, -0.2) is 0 Å². The summed E-state index contributed by atoms with van der Waals surface area (Å²) >= 11 is 10.8. The van der Waals surface area contributed by atoms with E-state index < -0.39 is 0 Å². The van der Waals surface area contributed by atoms with Crippen molar-refractivity contribution in [2.45, 2.75) is 12.8 Å². The summed E-state index contributed by atoms with van der Waals surface area (Å²) < 4.78 is 0. The van der Waals surface area contributed by atoms with Gasteiger partial charge in [0.05, 0.1) is 10.7 Å². The van der Waals surface area contributed by atoms with Crippen LogP contribution in [0.4, 0.5) is 5.69 Å². The molecule has 0 radical (unpaired) electrons. The van der Waals surface area contributed by atoms with Crippen LogP contribution in [0, 0.1) is 0 Å². The Morgan fingerprint density at radius 1 is 1.39 bits per heavy atom. The Hall–Kier alpha value is -1.33. The molecule has 1 aromatic rings. The van der Waals surface area contributed by atoms with Crippen molar-refractivity contribution >= 4 is 40.5 Å². The van der Waals surface area contributed by atoms with Crippen LogP contribution in [0.15, 0.2) is 18.2 Å². The molecule has 18 heavy (non-hydrogen) atoms. The van der Waals surface area contributed by atoms with E-state index in [1.807, 2.05) is 4.90 Å². The highest BCUT2D eigenvalue weighted by molar-refractivity contribution is 7.80. The molecule has 0 aromatic heterocycles. The van der Waals surface area contributed by atoms with Crippen molar-refractivity contribution in [2.24, 2.45) is 5.73 Å². The summed E-state index contributed by atoms with van der Waals surface area (Å²) in [5.41, 5.74) is 6.57. The first-order valence-corrected chi connectivity index (χ1v) is 6.52. The molecular weight excluding hydrogens is 270 g/mol. The number of rotatable bonds is 2. The number of nitrogens with two attached hydrogens (primary N) is 1. The number of nitrogens with one attached hydrogen (secondary N) is 1. The molecule has 0 bridgehead atoms. The lowest BCUT2D eigenvalue weighted by molar-refractivity contribution is 0.0793. The van der Waals surface area contributed by atoms with E-state index in [1.54, 1.807) is 18.2 Å². The molecule has 6 heteroatoms. The van der Waals surface area contributed by atoms with E-state index in [-0.39, 0.29) is 11.0 Å². The first-order valence-electron chi connectivity index (χ1n) is 5.73. The van der Waals surface area contributed by atoms with E-state index >= 15 is 0 Å². The van der Waals surface area contributed by atoms with Crippen LogP contribution in [0.25, 0.3) is 0 Å². The predicted octanol–water partition coefficient (Wildman–Crippen LogP) is 2.23. The quantitative estimate of drug-likeness (QED) is 0.817. The van der Waals surface area contributed by atoms with E-state index in [9.17, 15) is 4.79 Å². The summed E-state index contributed by atoms with van der Waals surface area (Å²) in [4.78, 5) is 14.0. The van der Waals surface area contributed by atoms with E-state index in [1.165, 1.54) is 0 Å². The first kappa shape index (κ1) is 13.1. The van der Waals surface area contributed by atoms with E-state index in [0.29, 0.717) is 16.3 Å². The van der Waals surface area contributed by atoms with Crippen molar-refractivity contribution in [1.29, 1.82) is 0 Å². The SMILES string of the molecule is NC(=S)Nc1cc(C(=O)N2CCCC2)ccc1Cl. The van der Waals surface area contributed by atoms with Gasteiger partial charge in [-0.2, -0.15) is 0 Å². The van der Waals surface area contributed by atoms with Crippen molar-refractivity contribution in [2.75, 3.05) is 18.4 Å². The summed E-state index contributed by atoms with van der Waals surface area (Å²) in [6.45, 7) is 1.64. The molecule has 1 saturated heterocycles. The summed E-state index contributed by atoms with van der Waals surface area (Å²) in [6, 6.07) is 5.07. The van der Waals surface area contributed by atoms with Crippen molar-refractivity contribution in [3.8, 4) is 0 Å². The average Bonchev–Trinajstić information content (AvgIpc) is 2.84. The van der Waals surface area contributed by atoms with Gasteiger partial charge >= 0.3 is 0 Å². The minimum Gasteiger partial charge on any atom is -0.376 e. The number of hydrogen-bond acceptors (Lipinski definition) is 2. The smallest absolute Gasteiger partial charge is 0.253 e. The summed E-state index contributed by atoms with van der Waals surface area (Å²) in [5.74, 6) is 0.0233. The number of carbonyl (C=O) groups is 1. The lowest BCUT2D eigenvalue weighted by Crippen LogP contribution is -2.27. The number of hydrogen-bond donors (Lipinski definition) is 2. The maximum absolute atomic E-state index is 12.2. The molecule has 2 rings (SSSR count). The zero-order valence-corrected chi connectivity index (χ0v) is 11.4. The van der Waals surface area contributed by atoms with Crippen molar-refractivity contribution in [1.82, 2.24) is 4.90 Å². The van der Waals surface area contributed by atoms with Gasteiger partial charge in [-0.3, -0.25) is 4.79 Å². The van der Waals surface area contributed by atoms with Gasteiger partial charge in [-0.15, -0.1) is 0 Å². The third-order valence-corrected chi connectivity index (χ3v) is 3.30. The number of benzene rings is 1. The molecule has 1 aliphatic rings. The highest BCUT2D eigenvalue weighted by atomic mass is 35.5. The minimum atomic E-state index is 0.0233. The van der Waals surface area contributed by atoms with Gasteiger partial charge in [0.1, 0.15) is 0 Å². The standard InChI is InChI=1S/C12H14ClN3OS/c13-9-4-3-8(7-10(9)15-12(14)18)11(17)16-5-1-2-6-16/h3-4,7H,1-2,5-6H2,(H3,14,15,18). The second-order valence-corrected chi connectivity index (χ2v) is 5.03. The van der Waals surface area contributed by atoms with Crippen LogP contribution in [0.3, 0.4) is 0 Å². The minimum absolute atomic E-state index is 0.0233. The zero-order valence-electron chi connectivity index (χ0n) is 9.78. The van der Waals surface area contributed by atoms with Gasteiger partial charge in [0.2, 0.25) is 0 Å². The fraction of sp³-hybridized carbons (Fsp3) is 0.333. The lowest BCUT2D eigenvalue weighted by atomic mass is 10.1. The molecule has 1 heterocycles. The molecule has 96 valence electrons. The third-order valence-electron chi connectivity index (χ3n) is 2.86. The Kier molecular flexibility index (Phi) is 4.04.